The van der Waals surface area contributed by atoms with Crippen molar-refractivity contribution in [1.29, 1.82) is 0 Å². The fraction of sp³-hybridized carbons (Fsp3) is 0.227. The highest BCUT2D eigenvalue weighted by Crippen LogP contribution is 2.30. The lowest BCUT2D eigenvalue weighted by molar-refractivity contribution is 0.0598. The first-order valence-electron chi connectivity index (χ1n) is 9.78. The number of carbonyl (C=O) groups is 2. The number of nitrogens with one attached hydrogen (secondary N) is 1. The number of carbonyl (C=O) groups excluding carboxylic acids is 2. The SMILES string of the molecule is COC(=O)c1cc(C(=O)OC)cc(S(=O)(=O)N2CC=C(c3c[nH]c4ncccc34)CC2)c1. The summed E-state index contributed by atoms with van der Waals surface area (Å²) in [6.45, 7) is 0.401. The van der Waals surface area contributed by atoms with Crippen LogP contribution in [0.4, 0.5) is 0 Å². The molecule has 1 aliphatic heterocycles. The van der Waals surface area contributed by atoms with Crippen LogP contribution in [0, 0.1) is 0 Å². The predicted molar refractivity (Wildman–Crippen MR) is 117 cm³/mol. The molecule has 0 unspecified atom stereocenters. The second kappa shape index (κ2) is 8.56. The quantitative estimate of drug-likeness (QED) is 0.588. The van der Waals surface area contributed by atoms with Crippen LogP contribution in [0.5, 0.6) is 0 Å². The molecule has 0 spiro atoms. The summed E-state index contributed by atoms with van der Waals surface area (Å²) in [4.78, 5) is 31.3. The topological polar surface area (TPSA) is 119 Å². The number of aromatic nitrogens is 2. The molecule has 166 valence electrons. The largest absolute Gasteiger partial charge is 0.465 e. The third-order valence-electron chi connectivity index (χ3n) is 5.36. The van der Waals surface area contributed by atoms with E-state index in [0.29, 0.717) is 6.42 Å². The average Bonchev–Trinajstić information content (AvgIpc) is 3.27. The van der Waals surface area contributed by atoms with Gasteiger partial charge in [-0.3, -0.25) is 0 Å². The third kappa shape index (κ3) is 3.90. The number of rotatable bonds is 5. The van der Waals surface area contributed by atoms with E-state index in [1.54, 1.807) is 6.20 Å². The second-order valence-corrected chi connectivity index (χ2v) is 9.11. The Bertz CT molecular complexity index is 1310. The van der Waals surface area contributed by atoms with Crippen LogP contribution in [-0.4, -0.2) is 61.9 Å². The van der Waals surface area contributed by atoms with Gasteiger partial charge in [0, 0.05) is 36.4 Å². The smallest absolute Gasteiger partial charge is 0.337 e. The first-order valence-corrected chi connectivity index (χ1v) is 11.2. The Labute approximate surface area is 184 Å². The van der Waals surface area contributed by atoms with Crippen molar-refractivity contribution in [2.24, 2.45) is 0 Å². The average molecular weight is 455 g/mol. The van der Waals surface area contributed by atoms with Crippen molar-refractivity contribution in [3.63, 3.8) is 0 Å². The maximum Gasteiger partial charge on any atom is 0.337 e. The van der Waals surface area contributed by atoms with E-state index < -0.39 is 22.0 Å². The highest BCUT2D eigenvalue weighted by atomic mass is 32.2. The lowest BCUT2D eigenvalue weighted by Crippen LogP contribution is -2.35. The summed E-state index contributed by atoms with van der Waals surface area (Å²) in [5.41, 5.74) is 2.69. The molecule has 0 radical (unpaired) electrons. The van der Waals surface area contributed by atoms with Crippen LogP contribution >= 0.6 is 0 Å². The van der Waals surface area contributed by atoms with Gasteiger partial charge in [0.05, 0.1) is 30.2 Å². The number of hydrogen-bond donors (Lipinski definition) is 1. The summed E-state index contributed by atoms with van der Waals surface area (Å²) >= 11 is 0. The van der Waals surface area contributed by atoms with Gasteiger partial charge in [-0.2, -0.15) is 4.31 Å². The van der Waals surface area contributed by atoms with Crippen molar-refractivity contribution in [3.8, 4) is 0 Å². The Kier molecular flexibility index (Phi) is 5.81. The van der Waals surface area contributed by atoms with Gasteiger partial charge in [0.15, 0.2) is 0 Å². The molecule has 3 aromatic rings. The number of esters is 2. The maximum atomic E-state index is 13.3. The normalized spacial score (nSPS) is 14.8. The van der Waals surface area contributed by atoms with E-state index in [-0.39, 0.29) is 29.1 Å². The molecule has 0 bridgehead atoms. The highest BCUT2D eigenvalue weighted by Gasteiger charge is 2.29. The predicted octanol–water partition coefficient (Wildman–Crippen LogP) is 2.61. The van der Waals surface area contributed by atoms with Gasteiger partial charge in [-0.1, -0.05) is 6.08 Å². The van der Waals surface area contributed by atoms with Gasteiger partial charge in [0.25, 0.3) is 0 Å². The molecule has 1 aliphatic rings. The van der Waals surface area contributed by atoms with E-state index >= 15 is 0 Å². The Morgan fingerprint density at radius 3 is 2.38 bits per heavy atom. The number of methoxy groups -OCH3 is 2. The van der Waals surface area contributed by atoms with E-state index in [2.05, 4.69) is 9.97 Å². The van der Waals surface area contributed by atoms with Crippen molar-refractivity contribution in [2.75, 3.05) is 27.3 Å². The minimum Gasteiger partial charge on any atom is -0.465 e. The Morgan fingerprint density at radius 1 is 1.09 bits per heavy atom. The van der Waals surface area contributed by atoms with Crippen molar-refractivity contribution in [2.45, 2.75) is 11.3 Å². The van der Waals surface area contributed by atoms with Crippen LogP contribution in [0.3, 0.4) is 0 Å². The van der Waals surface area contributed by atoms with Gasteiger partial charge in [-0.15, -0.1) is 0 Å². The molecule has 10 heteroatoms. The Balaban J connectivity index is 1.66. The molecule has 32 heavy (non-hydrogen) atoms. The monoisotopic (exact) mass is 455 g/mol. The number of ether oxygens (including phenoxy) is 2. The zero-order chi connectivity index (χ0) is 22.9. The van der Waals surface area contributed by atoms with Crippen LogP contribution in [0.2, 0.25) is 0 Å². The van der Waals surface area contributed by atoms with Crippen molar-refractivity contribution in [1.82, 2.24) is 14.3 Å². The summed E-state index contributed by atoms with van der Waals surface area (Å²) in [6, 6.07) is 7.48. The van der Waals surface area contributed by atoms with Crippen molar-refractivity contribution >= 4 is 38.6 Å². The van der Waals surface area contributed by atoms with Crippen LogP contribution < -0.4 is 0 Å². The van der Waals surface area contributed by atoms with Gasteiger partial charge >= 0.3 is 11.9 Å². The number of H-pyrrole nitrogens is 1. The van der Waals surface area contributed by atoms with Gasteiger partial charge in [-0.25, -0.2) is 23.0 Å². The molecule has 4 rings (SSSR count). The van der Waals surface area contributed by atoms with Gasteiger partial charge in [0.1, 0.15) is 5.65 Å². The molecule has 0 aliphatic carbocycles. The van der Waals surface area contributed by atoms with E-state index in [0.717, 1.165) is 22.2 Å². The summed E-state index contributed by atoms with van der Waals surface area (Å²) in [5.74, 6) is -1.50. The highest BCUT2D eigenvalue weighted by molar-refractivity contribution is 7.89. The fourth-order valence-corrected chi connectivity index (χ4v) is 5.16. The lowest BCUT2D eigenvalue weighted by Gasteiger charge is -2.26. The lowest BCUT2D eigenvalue weighted by atomic mass is 10.0. The molecular formula is C22H21N3O6S. The number of fused-ring (bicyclic) bond motifs is 1. The first-order chi connectivity index (χ1) is 15.3. The maximum absolute atomic E-state index is 13.3. The second-order valence-electron chi connectivity index (χ2n) is 7.17. The number of pyridine rings is 1. The van der Waals surface area contributed by atoms with Crippen molar-refractivity contribution in [3.05, 3.63) is 65.5 Å². The minimum atomic E-state index is -3.97. The van der Waals surface area contributed by atoms with E-state index in [1.165, 1.54) is 36.7 Å². The van der Waals surface area contributed by atoms with Gasteiger partial charge in [-0.05, 0) is 42.3 Å². The summed E-state index contributed by atoms with van der Waals surface area (Å²) in [7, 11) is -1.61. The molecular weight excluding hydrogens is 434 g/mol. The summed E-state index contributed by atoms with van der Waals surface area (Å²) in [5, 5.41) is 0.976. The molecule has 0 saturated heterocycles. The van der Waals surface area contributed by atoms with Crippen LogP contribution in [0.25, 0.3) is 16.6 Å². The molecule has 0 atom stereocenters. The number of sulfonamides is 1. The number of benzene rings is 1. The molecule has 0 amide bonds. The zero-order valence-electron chi connectivity index (χ0n) is 17.5. The number of hydrogen-bond acceptors (Lipinski definition) is 7. The van der Waals surface area contributed by atoms with Crippen LogP contribution in [-0.2, 0) is 19.5 Å². The van der Waals surface area contributed by atoms with Crippen molar-refractivity contribution < 1.29 is 27.5 Å². The Morgan fingerprint density at radius 2 is 1.78 bits per heavy atom. The molecule has 9 nitrogen and oxygen atoms in total. The zero-order valence-corrected chi connectivity index (χ0v) is 18.3. The Hall–Kier alpha value is -3.50. The molecule has 1 aromatic carbocycles. The molecule has 0 saturated carbocycles. The van der Waals surface area contributed by atoms with Crippen LogP contribution in [0.15, 0.2) is 53.7 Å². The fourth-order valence-electron chi connectivity index (χ4n) is 3.70. The van der Waals surface area contributed by atoms with E-state index in [1.807, 2.05) is 24.4 Å². The van der Waals surface area contributed by atoms with Gasteiger partial charge < -0.3 is 14.5 Å². The molecule has 3 heterocycles. The third-order valence-corrected chi connectivity index (χ3v) is 7.20. The first kappa shape index (κ1) is 21.7. The number of aromatic amines is 1. The molecule has 1 N–H and O–H groups in total. The summed E-state index contributed by atoms with van der Waals surface area (Å²) in [6.07, 6.45) is 5.94. The number of nitrogens with zero attached hydrogens (tertiary/aromatic N) is 2. The standard InChI is InChI=1S/C22H21N3O6S/c1-30-21(26)15-10-16(22(27)31-2)12-17(11-15)32(28,29)25-8-5-14(6-9-25)19-13-24-20-18(19)4-3-7-23-20/h3-5,7,10-13H,6,8-9H2,1-2H3,(H,23,24). The summed E-state index contributed by atoms with van der Waals surface area (Å²) < 4.78 is 37.3. The van der Waals surface area contributed by atoms with Crippen LogP contribution in [0.1, 0.15) is 32.7 Å². The molecule has 2 aromatic heterocycles. The molecule has 0 fully saturated rings. The minimum absolute atomic E-state index is 0.0477. The van der Waals surface area contributed by atoms with E-state index in [9.17, 15) is 18.0 Å². The van der Waals surface area contributed by atoms with Gasteiger partial charge in [0.2, 0.25) is 10.0 Å². The van der Waals surface area contributed by atoms with E-state index in [4.69, 9.17) is 9.47 Å².